The van der Waals surface area contributed by atoms with Gasteiger partial charge in [0.2, 0.25) is 6.29 Å². The third-order valence-electron chi connectivity index (χ3n) is 1.74. The number of urea groups is 1. The molecule has 0 aromatic heterocycles. The van der Waals surface area contributed by atoms with Gasteiger partial charge in [-0.3, -0.25) is 4.79 Å². The molecule has 0 aliphatic heterocycles. The summed E-state index contributed by atoms with van der Waals surface area (Å²) in [5, 5.41) is 2.29. The predicted octanol–water partition coefficient (Wildman–Crippen LogP) is 0.376. The van der Waals surface area contributed by atoms with Crippen LogP contribution in [0.2, 0.25) is 0 Å². The van der Waals surface area contributed by atoms with Crippen LogP contribution in [0.25, 0.3) is 0 Å². The fraction of sp³-hybridized carbons (Fsp3) is 0.200. The Bertz CT molecular complexity index is 311. The summed E-state index contributed by atoms with van der Waals surface area (Å²) in [5.41, 5.74) is 5.85. The number of carbonyl (C=O) groups is 1. The average Bonchev–Trinajstić information content (AvgIpc) is 2.17. The van der Waals surface area contributed by atoms with Crippen LogP contribution in [0, 0.1) is 0 Å². The van der Waals surface area contributed by atoms with Crippen LogP contribution in [0.5, 0.6) is 0 Å². The van der Waals surface area contributed by atoms with Gasteiger partial charge in [-0.25, -0.2) is 4.79 Å². The number of rotatable bonds is 4. The molecule has 0 saturated heterocycles. The van der Waals surface area contributed by atoms with E-state index in [0.717, 1.165) is 5.56 Å². The van der Waals surface area contributed by atoms with Gasteiger partial charge in [0.15, 0.2) is 0 Å². The average molecular weight is 191 g/mol. The molecule has 14 heavy (non-hydrogen) atoms. The van der Waals surface area contributed by atoms with Gasteiger partial charge in [-0.15, -0.1) is 0 Å². The smallest absolute Gasteiger partial charge is 0.312 e. The highest BCUT2D eigenvalue weighted by atomic mass is 16.2. The first-order chi connectivity index (χ1) is 6.72. The van der Waals surface area contributed by atoms with Crippen molar-refractivity contribution in [1.82, 2.24) is 5.32 Å². The quantitative estimate of drug-likeness (QED) is 0.722. The minimum atomic E-state index is -0.714. The van der Waals surface area contributed by atoms with Crippen LogP contribution in [0.1, 0.15) is 5.56 Å². The topological polar surface area (TPSA) is 72.2 Å². The first-order valence-electron chi connectivity index (χ1n) is 4.20. The van der Waals surface area contributed by atoms with Crippen molar-refractivity contribution in [2.24, 2.45) is 5.73 Å². The van der Waals surface area contributed by atoms with E-state index in [-0.39, 0.29) is 0 Å². The first kappa shape index (κ1) is 10.2. The van der Waals surface area contributed by atoms with Gasteiger partial charge >= 0.3 is 6.03 Å². The molecule has 0 saturated carbocycles. The molecule has 0 fully saturated rings. The molecule has 2 amide bonds. The lowest BCUT2D eigenvalue weighted by molar-refractivity contribution is 0.247. The summed E-state index contributed by atoms with van der Waals surface area (Å²) in [4.78, 5) is 20.9. The Labute approximate surface area is 82.1 Å². The lowest BCUT2D eigenvalue weighted by atomic mass is 10.1. The maximum absolute atomic E-state index is 10.5. The van der Waals surface area contributed by atoms with Gasteiger partial charge in [-0.05, 0) is 5.56 Å². The van der Waals surface area contributed by atoms with E-state index in [1.54, 1.807) is 6.29 Å². The molecule has 0 aliphatic carbocycles. The number of amides is 2. The molecule has 4 nitrogen and oxygen atoms in total. The minimum Gasteiger partial charge on any atom is -0.352 e. The van der Waals surface area contributed by atoms with Gasteiger partial charge < -0.3 is 11.1 Å². The van der Waals surface area contributed by atoms with Crippen molar-refractivity contribution in [1.29, 1.82) is 0 Å². The van der Waals surface area contributed by atoms with Crippen LogP contribution in [0.3, 0.4) is 0 Å². The van der Waals surface area contributed by atoms with Crippen LogP contribution < -0.4 is 11.1 Å². The van der Waals surface area contributed by atoms with E-state index in [2.05, 4.69) is 5.32 Å². The molecule has 3 N–H and O–H groups in total. The van der Waals surface area contributed by atoms with Crippen molar-refractivity contribution in [3.05, 3.63) is 35.9 Å². The minimum absolute atomic E-state index is 0.410. The zero-order chi connectivity index (χ0) is 10.4. The SMILES string of the molecule is NC(=O)NC([C]=O)Cc1ccccc1. The molecule has 1 unspecified atom stereocenters. The highest BCUT2D eigenvalue weighted by Crippen LogP contribution is 2.01. The van der Waals surface area contributed by atoms with Crippen molar-refractivity contribution >= 4 is 12.3 Å². The number of nitrogens with one attached hydrogen (secondary N) is 1. The summed E-state index contributed by atoms with van der Waals surface area (Å²) >= 11 is 0. The van der Waals surface area contributed by atoms with Crippen LogP contribution in [-0.4, -0.2) is 18.4 Å². The van der Waals surface area contributed by atoms with Crippen LogP contribution in [0.4, 0.5) is 4.79 Å². The Balaban J connectivity index is 2.57. The number of hydrogen-bond acceptors (Lipinski definition) is 2. The molecule has 4 heteroatoms. The Morgan fingerprint density at radius 3 is 2.57 bits per heavy atom. The van der Waals surface area contributed by atoms with E-state index in [1.165, 1.54) is 0 Å². The molecule has 1 radical (unpaired) electrons. The van der Waals surface area contributed by atoms with E-state index < -0.39 is 12.1 Å². The first-order valence-corrected chi connectivity index (χ1v) is 4.20. The summed E-state index contributed by atoms with van der Waals surface area (Å²) in [6.45, 7) is 0. The predicted molar refractivity (Wildman–Crippen MR) is 52.3 cm³/mol. The second kappa shape index (κ2) is 5.01. The van der Waals surface area contributed by atoms with Gasteiger partial charge in [0.25, 0.3) is 0 Å². The number of benzene rings is 1. The summed E-state index contributed by atoms with van der Waals surface area (Å²) in [6.07, 6.45) is 2.13. The Hall–Kier alpha value is -1.84. The number of hydrogen-bond donors (Lipinski definition) is 2. The molecular weight excluding hydrogens is 180 g/mol. The number of primary amides is 1. The third kappa shape index (κ3) is 3.26. The lowest BCUT2D eigenvalue weighted by Gasteiger charge is -2.09. The van der Waals surface area contributed by atoms with E-state index in [9.17, 15) is 9.59 Å². The Morgan fingerprint density at radius 1 is 1.43 bits per heavy atom. The van der Waals surface area contributed by atoms with Crippen LogP contribution >= 0.6 is 0 Å². The summed E-state index contributed by atoms with van der Waals surface area (Å²) in [6, 6.07) is 7.96. The van der Waals surface area contributed by atoms with E-state index in [4.69, 9.17) is 5.73 Å². The van der Waals surface area contributed by atoms with Gasteiger partial charge in [0.1, 0.15) is 6.04 Å². The number of carbonyl (C=O) groups excluding carboxylic acids is 2. The fourth-order valence-electron chi connectivity index (χ4n) is 1.14. The molecular formula is C10H11N2O2. The molecule has 1 rings (SSSR count). The molecule has 73 valence electrons. The van der Waals surface area contributed by atoms with Gasteiger partial charge in [0, 0.05) is 6.42 Å². The standard InChI is InChI=1S/C10H11N2O2/c11-10(14)12-9(7-13)6-8-4-2-1-3-5-8/h1-5,9H,6H2,(H3,11,12,14). The van der Waals surface area contributed by atoms with Crippen molar-refractivity contribution in [2.75, 3.05) is 0 Å². The zero-order valence-electron chi connectivity index (χ0n) is 7.57. The highest BCUT2D eigenvalue weighted by molar-refractivity contribution is 5.76. The van der Waals surface area contributed by atoms with E-state index in [1.807, 2.05) is 30.3 Å². The maximum Gasteiger partial charge on any atom is 0.312 e. The molecule has 0 bridgehead atoms. The molecule has 1 atom stereocenters. The van der Waals surface area contributed by atoms with Crippen molar-refractivity contribution in [3.8, 4) is 0 Å². The van der Waals surface area contributed by atoms with E-state index in [0.29, 0.717) is 6.42 Å². The van der Waals surface area contributed by atoms with Crippen molar-refractivity contribution in [2.45, 2.75) is 12.5 Å². The summed E-state index contributed by atoms with van der Waals surface area (Å²) in [5.74, 6) is 0. The van der Waals surface area contributed by atoms with Crippen molar-refractivity contribution < 1.29 is 9.59 Å². The molecule has 0 spiro atoms. The second-order valence-electron chi connectivity index (χ2n) is 2.87. The van der Waals surface area contributed by atoms with Crippen LogP contribution in [-0.2, 0) is 11.2 Å². The summed E-state index contributed by atoms with van der Waals surface area (Å²) < 4.78 is 0. The monoisotopic (exact) mass is 191 g/mol. The Morgan fingerprint density at radius 2 is 2.07 bits per heavy atom. The largest absolute Gasteiger partial charge is 0.352 e. The van der Waals surface area contributed by atoms with Crippen LogP contribution in [0.15, 0.2) is 30.3 Å². The maximum atomic E-state index is 10.5. The van der Waals surface area contributed by atoms with E-state index >= 15 is 0 Å². The van der Waals surface area contributed by atoms with Gasteiger partial charge in [-0.1, -0.05) is 30.3 Å². The molecule has 1 aromatic carbocycles. The molecule has 1 aromatic rings. The zero-order valence-corrected chi connectivity index (χ0v) is 7.57. The third-order valence-corrected chi connectivity index (χ3v) is 1.74. The summed E-state index contributed by atoms with van der Waals surface area (Å²) in [7, 11) is 0. The molecule has 0 heterocycles. The highest BCUT2D eigenvalue weighted by Gasteiger charge is 2.10. The normalized spacial score (nSPS) is 11.7. The Kier molecular flexibility index (Phi) is 3.67. The molecule has 0 aliphatic rings. The number of nitrogens with two attached hydrogens (primary N) is 1. The lowest BCUT2D eigenvalue weighted by Crippen LogP contribution is -2.40. The second-order valence-corrected chi connectivity index (χ2v) is 2.87. The van der Waals surface area contributed by atoms with Crippen molar-refractivity contribution in [3.63, 3.8) is 0 Å². The van der Waals surface area contributed by atoms with Gasteiger partial charge in [-0.2, -0.15) is 0 Å². The fourth-order valence-corrected chi connectivity index (χ4v) is 1.14. The van der Waals surface area contributed by atoms with Gasteiger partial charge in [0.05, 0.1) is 0 Å².